The van der Waals surface area contributed by atoms with Crippen LogP contribution in [0.15, 0.2) is 11.4 Å². The Morgan fingerprint density at radius 2 is 2.44 bits per heavy atom. The number of rotatable bonds is 4. The smallest absolute Gasteiger partial charge is 0.0419 e. The predicted molar refractivity (Wildman–Crippen MR) is 71.1 cm³/mol. The summed E-state index contributed by atoms with van der Waals surface area (Å²) >= 11 is 1.90. The molecule has 1 aliphatic heterocycles. The Morgan fingerprint density at radius 1 is 1.62 bits per heavy atom. The second kappa shape index (κ2) is 5.30. The summed E-state index contributed by atoms with van der Waals surface area (Å²) in [6.45, 7) is 6.96. The summed E-state index contributed by atoms with van der Waals surface area (Å²) in [5, 5.41) is 5.53. The van der Waals surface area contributed by atoms with Gasteiger partial charge in [-0.3, -0.25) is 4.90 Å². The fourth-order valence-electron chi connectivity index (χ4n) is 2.79. The summed E-state index contributed by atoms with van der Waals surface area (Å²) in [4.78, 5) is 4.21. The van der Waals surface area contributed by atoms with E-state index < -0.39 is 0 Å². The van der Waals surface area contributed by atoms with E-state index in [4.69, 9.17) is 0 Å². The van der Waals surface area contributed by atoms with Crippen LogP contribution >= 0.6 is 11.3 Å². The summed E-state index contributed by atoms with van der Waals surface area (Å²) in [5.41, 5.74) is 1.45. The van der Waals surface area contributed by atoms with Gasteiger partial charge in [-0.05, 0) is 57.3 Å². The summed E-state index contributed by atoms with van der Waals surface area (Å²) in [6.07, 6.45) is 2.69. The lowest BCUT2D eigenvalue weighted by molar-refractivity contribution is 0.193. The molecule has 1 aliphatic rings. The van der Waals surface area contributed by atoms with Crippen molar-refractivity contribution in [2.24, 2.45) is 0 Å². The molecule has 1 fully saturated rings. The lowest BCUT2D eigenvalue weighted by Crippen LogP contribution is -2.38. The fourth-order valence-corrected chi connectivity index (χ4v) is 3.79. The first-order valence-electron chi connectivity index (χ1n) is 6.18. The zero-order chi connectivity index (χ0) is 11.5. The molecule has 0 amide bonds. The van der Waals surface area contributed by atoms with E-state index in [1.165, 1.54) is 24.9 Å². The molecule has 2 rings (SSSR count). The normalized spacial score (nSPS) is 23.8. The molecule has 1 N–H and O–H groups in total. The van der Waals surface area contributed by atoms with Gasteiger partial charge in [-0.1, -0.05) is 0 Å². The number of likely N-dealkylation sites (tertiary alicyclic amines) is 1. The molecule has 0 radical (unpaired) electrons. The Morgan fingerprint density at radius 3 is 3.06 bits per heavy atom. The van der Waals surface area contributed by atoms with Gasteiger partial charge in [0.2, 0.25) is 0 Å². The van der Waals surface area contributed by atoms with E-state index in [2.05, 4.69) is 42.6 Å². The molecule has 3 heteroatoms. The van der Waals surface area contributed by atoms with Crippen LogP contribution in [0, 0.1) is 6.92 Å². The molecule has 16 heavy (non-hydrogen) atoms. The Hall–Kier alpha value is -0.380. The van der Waals surface area contributed by atoms with Gasteiger partial charge in [0.05, 0.1) is 0 Å². The van der Waals surface area contributed by atoms with Gasteiger partial charge in [0.25, 0.3) is 0 Å². The molecule has 0 spiro atoms. The van der Waals surface area contributed by atoms with E-state index in [0.717, 1.165) is 12.6 Å². The maximum atomic E-state index is 3.32. The van der Waals surface area contributed by atoms with Gasteiger partial charge in [0.15, 0.2) is 0 Å². The van der Waals surface area contributed by atoms with Crippen LogP contribution in [0.25, 0.3) is 0 Å². The number of hydrogen-bond acceptors (Lipinski definition) is 3. The van der Waals surface area contributed by atoms with Gasteiger partial charge in [0.1, 0.15) is 0 Å². The summed E-state index contributed by atoms with van der Waals surface area (Å²) in [5.74, 6) is 0. The molecule has 2 unspecified atom stereocenters. The molecule has 90 valence electrons. The monoisotopic (exact) mass is 238 g/mol. The number of nitrogens with zero attached hydrogens (tertiary/aromatic N) is 1. The van der Waals surface area contributed by atoms with Gasteiger partial charge in [-0.15, -0.1) is 11.3 Å². The van der Waals surface area contributed by atoms with Crippen molar-refractivity contribution in [2.45, 2.75) is 38.8 Å². The van der Waals surface area contributed by atoms with Crippen molar-refractivity contribution >= 4 is 11.3 Å². The fraction of sp³-hybridized carbons (Fsp3) is 0.692. The van der Waals surface area contributed by atoms with Crippen molar-refractivity contribution in [3.8, 4) is 0 Å². The summed E-state index contributed by atoms with van der Waals surface area (Å²) in [6, 6.07) is 3.54. The number of thiophene rings is 1. The summed E-state index contributed by atoms with van der Waals surface area (Å²) in [7, 11) is 2.05. The van der Waals surface area contributed by atoms with Crippen LogP contribution in [0.5, 0.6) is 0 Å². The first-order chi connectivity index (χ1) is 7.74. The summed E-state index contributed by atoms with van der Waals surface area (Å²) < 4.78 is 0. The lowest BCUT2D eigenvalue weighted by atomic mass is 10.1. The van der Waals surface area contributed by atoms with E-state index in [1.54, 1.807) is 4.88 Å². The molecule has 2 heterocycles. The van der Waals surface area contributed by atoms with E-state index in [1.807, 2.05) is 11.3 Å². The topological polar surface area (TPSA) is 15.3 Å². The van der Waals surface area contributed by atoms with Crippen molar-refractivity contribution in [1.82, 2.24) is 10.2 Å². The van der Waals surface area contributed by atoms with Crippen LogP contribution in [0.1, 0.15) is 36.2 Å². The van der Waals surface area contributed by atoms with Crippen LogP contribution in [-0.4, -0.2) is 31.1 Å². The molecule has 0 saturated carbocycles. The highest BCUT2D eigenvalue weighted by atomic mass is 32.1. The van der Waals surface area contributed by atoms with Gasteiger partial charge < -0.3 is 5.32 Å². The number of hydrogen-bond donors (Lipinski definition) is 1. The Kier molecular flexibility index (Phi) is 4.00. The molecule has 0 aromatic carbocycles. The van der Waals surface area contributed by atoms with Crippen LogP contribution < -0.4 is 5.32 Å². The first-order valence-corrected chi connectivity index (χ1v) is 7.06. The third kappa shape index (κ3) is 2.31. The zero-order valence-electron chi connectivity index (χ0n) is 10.5. The number of likely N-dealkylation sites (N-methyl/N-ethyl adjacent to an activating group) is 1. The second-order valence-electron chi connectivity index (χ2n) is 4.74. The quantitative estimate of drug-likeness (QED) is 0.868. The Balaban J connectivity index is 2.09. The first kappa shape index (κ1) is 12.1. The van der Waals surface area contributed by atoms with E-state index >= 15 is 0 Å². The van der Waals surface area contributed by atoms with E-state index in [9.17, 15) is 0 Å². The average molecular weight is 238 g/mol. The SMILES string of the molecule is CNCC1CCCN1C(C)c1sccc1C. The molecule has 1 saturated heterocycles. The van der Waals surface area contributed by atoms with Crippen molar-refractivity contribution in [2.75, 3.05) is 20.1 Å². The third-order valence-electron chi connectivity index (χ3n) is 3.64. The average Bonchev–Trinajstić information content (AvgIpc) is 2.87. The molecular formula is C13H22N2S. The predicted octanol–water partition coefficient (Wildman–Crippen LogP) is 2.80. The third-order valence-corrected chi connectivity index (χ3v) is 4.83. The van der Waals surface area contributed by atoms with Crippen molar-refractivity contribution < 1.29 is 0 Å². The Bertz CT molecular complexity index is 334. The minimum Gasteiger partial charge on any atom is -0.318 e. The second-order valence-corrected chi connectivity index (χ2v) is 5.68. The molecule has 1 aromatic heterocycles. The molecule has 2 nitrogen and oxygen atoms in total. The van der Waals surface area contributed by atoms with Crippen molar-refractivity contribution in [1.29, 1.82) is 0 Å². The van der Waals surface area contributed by atoms with Crippen molar-refractivity contribution in [3.63, 3.8) is 0 Å². The van der Waals surface area contributed by atoms with E-state index in [-0.39, 0.29) is 0 Å². The largest absolute Gasteiger partial charge is 0.318 e. The molecule has 1 aromatic rings. The molecular weight excluding hydrogens is 216 g/mol. The standard InChI is InChI=1S/C13H22N2S/c1-10-6-8-16-13(10)11(2)15-7-4-5-12(15)9-14-3/h6,8,11-12,14H,4-5,7,9H2,1-3H3. The van der Waals surface area contributed by atoms with Gasteiger partial charge in [-0.25, -0.2) is 0 Å². The number of aryl methyl sites for hydroxylation is 1. The van der Waals surface area contributed by atoms with E-state index in [0.29, 0.717) is 6.04 Å². The van der Waals surface area contributed by atoms with Crippen molar-refractivity contribution in [3.05, 3.63) is 21.9 Å². The van der Waals surface area contributed by atoms with Gasteiger partial charge in [0, 0.05) is 23.5 Å². The molecule has 2 atom stereocenters. The molecule has 0 aliphatic carbocycles. The van der Waals surface area contributed by atoms with Gasteiger partial charge in [-0.2, -0.15) is 0 Å². The van der Waals surface area contributed by atoms with Crippen LogP contribution in [0.2, 0.25) is 0 Å². The van der Waals surface area contributed by atoms with Gasteiger partial charge >= 0.3 is 0 Å². The van der Waals surface area contributed by atoms with Crippen LogP contribution in [0.4, 0.5) is 0 Å². The Labute approximate surface area is 103 Å². The highest BCUT2D eigenvalue weighted by Crippen LogP contribution is 2.33. The maximum Gasteiger partial charge on any atom is 0.0419 e. The lowest BCUT2D eigenvalue weighted by Gasteiger charge is -2.30. The number of nitrogens with one attached hydrogen (secondary N) is 1. The van der Waals surface area contributed by atoms with Crippen LogP contribution in [-0.2, 0) is 0 Å². The minimum atomic E-state index is 0.584. The van der Waals surface area contributed by atoms with Crippen LogP contribution in [0.3, 0.4) is 0 Å². The highest BCUT2D eigenvalue weighted by Gasteiger charge is 2.29. The highest BCUT2D eigenvalue weighted by molar-refractivity contribution is 7.10. The maximum absolute atomic E-state index is 3.32. The minimum absolute atomic E-state index is 0.584. The zero-order valence-corrected chi connectivity index (χ0v) is 11.3. The molecule has 0 bridgehead atoms.